The summed E-state index contributed by atoms with van der Waals surface area (Å²) < 4.78 is 64.0. The maximum Gasteiger partial charge on any atom is 0.435 e. The molecule has 202 valence electrons. The number of hydrogen-bond acceptors (Lipinski definition) is 6. The maximum atomic E-state index is 15.2. The molecule has 39 heavy (non-hydrogen) atoms. The van der Waals surface area contributed by atoms with E-state index in [1.807, 2.05) is 0 Å². The lowest BCUT2D eigenvalue weighted by atomic mass is 10.0. The smallest absolute Gasteiger partial charge is 0.385 e. The van der Waals surface area contributed by atoms with Crippen molar-refractivity contribution in [2.45, 2.75) is 18.6 Å². The van der Waals surface area contributed by atoms with Crippen molar-refractivity contribution >= 4 is 11.6 Å². The van der Waals surface area contributed by atoms with E-state index in [1.54, 1.807) is 36.2 Å². The van der Waals surface area contributed by atoms with Gasteiger partial charge in [-0.25, -0.2) is 4.39 Å². The van der Waals surface area contributed by atoms with Crippen LogP contribution in [0.15, 0.2) is 55.2 Å². The molecule has 0 saturated heterocycles. The van der Waals surface area contributed by atoms with Gasteiger partial charge in [-0.15, -0.1) is 4.68 Å². The molecule has 0 saturated carbocycles. The van der Waals surface area contributed by atoms with Gasteiger partial charge in [0, 0.05) is 44.3 Å². The van der Waals surface area contributed by atoms with E-state index in [1.165, 1.54) is 36.5 Å². The predicted molar refractivity (Wildman–Crippen MR) is 130 cm³/mol. The minimum atomic E-state index is -4.56. The van der Waals surface area contributed by atoms with Crippen LogP contribution in [-0.2, 0) is 18.0 Å². The minimum absolute atomic E-state index is 0.0585. The average molecular weight is 563 g/mol. The van der Waals surface area contributed by atoms with E-state index < -0.39 is 23.7 Å². The highest BCUT2D eigenvalue weighted by atomic mass is 35.5. The molecule has 5 rings (SSSR count). The van der Waals surface area contributed by atoms with Gasteiger partial charge < -0.3 is 4.74 Å². The Kier molecular flexibility index (Phi) is 7.14. The average Bonchev–Trinajstić information content (AvgIpc) is 3.67. The summed E-state index contributed by atoms with van der Waals surface area (Å²) in [5.74, 6) is -0.632. The predicted octanol–water partition coefficient (Wildman–Crippen LogP) is 4.18. The molecule has 0 spiro atoms. The summed E-state index contributed by atoms with van der Waals surface area (Å²) in [5, 5.41) is 17.9. The molecule has 1 N–H and O–H groups in total. The monoisotopic (exact) mass is 562 g/mol. The molecule has 1 atom stereocenters. The topological polar surface area (TPSA) is 103 Å². The maximum absolute atomic E-state index is 15.2. The normalized spacial score (nSPS) is 12.7. The molecule has 0 aliphatic carbocycles. The molecule has 0 radical (unpaired) electrons. The third-order valence-electron chi connectivity index (χ3n) is 6.11. The Labute approximate surface area is 223 Å². The fraction of sp³-hybridized carbons (Fsp3) is 0.250. The second-order valence-electron chi connectivity index (χ2n) is 8.57. The number of rotatable bonds is 8. The van der Waals surface area contributed by atoms with Crippen LogP contribution in [0.25, 0.3) is 28.1 Å². The number of aromatic nitrogens is 9. The first-order valence-corrected chi connectivity index (χ1v) is 11.9. The minimum Gasteiger partial charge on any atom is -0.385 e. The molecule has 10 nitrogen and oxygen atoms in total. The largest absolute Gasteiger partial charge is 0.435 e. The lowest BCUT2D eigenvalue weighted by Gasteiger charge is -2.17. The SMILES string of the molecule is COCC[C@H](c1ccc(-c2c(-[n+]3cnn[nH]3)ccc(Cl)c2F)cn1)n1cc(-c2cc(C(F)(F)F)nn2C)cn1. The second-order valence-corrected chi connectivity index (χ2v) is 8.98. The molecule has 0 fully saturated rings. The summed E-state index contributed by atoms with van der Waals surface area (Å²) in [6, 6.07) is 7.04. The highest BCUT2D eigenvalue weighted by Gasteiger charge is 2.35. The third kappa shape index (κ3) is 5.25. The Bertz CT molecular complexity index is 1580. The van der Waals surface area contributed by atoms with Gasteiger partial charge in [-0.3, -0.25) is 14.3 Å². The molecule has 0 amide bonds. The van der Waals surface area contributed by atoms with Crippen molar-refractivity contribution in [3.8, 4) is 28.1 Å². The lowest BCUT2D eigenvalue weighted by molar-refractivity contribution is -0.659. The van der Waals surface area contributed by atoms with Crippen molar-refractivity contribution in [1.29, 1.82) is 0 Å². The molecule has 0 aliphatic heterocycles. The Morgan fingerprint density at radius 2 is 1.97 bits per heavy atom. The number of nitrogens with one attached hydrogen (secondary N) is 1. The number of halogens is 5. The fourth-order valence-corrected chi connectivity index (χ4v) is 4.38. The third-order valence-corrected chi connectivity index (χ3v) is 6.40. The highest BCUT2D eigenvalue weighted by Crippen LogP contribution is 2.34. The molecule has 0 aliphatic rings. The molecule has 1 aromatic carbocycles. The first-order valence-electron chi connectivity index (χ1n) is 11.5. The molecule has 0 bridgehead atoms. The molecular formula is C24H21ClF4N9O+. The van der Waals surface area contributed by atoms with Crippen molar-refractivity contribution in [1.82, 2.24) is 40.1 Å². The Morgan fingerprint density at radius 3 is 2.62 bits per heavy atom. The summed E-state index contributed by atoms with van der Waals surface area (Å²) in [6.45, 7) is 0.365. The number of aryl methyl sites for hydroxylation is 1. The van der Waals surface area contributed by atoms with Crippen LogP contribution in [0.3, 0.4) is 0 Å². The van der Waals surface area contributed by atoms with Crippen LogP contribution < -0.4 is 4.68 Å². The number of hydrogen-bond donors (Lipinski definition) is 1. The van der Waals surface area contributed by atoms with Crippen LogP contribution in [-0.4, -0.2) is 53.8 Å². The molecule has 15 heteroatoms. The van der Waals surface area contributed by atoms with Gasteiger partial charge in [-0.05, 0) is 30.7 Å². The number of nitrogens with zero attached hydrogens (tertiary/aromatic N) is 8. The summed E-state index contributed by atoms with van der Waals surface area (Å²) >= 11 is 6.07. The van der Waals surface area contributed by atoms with Gasteiger partial charge in [0.1, 0.15) is 10.8 Å². The van der Waals surface area contributed by atoms with Crippen LogP contribution in [0.2, 0.25) is 5.02 Å². The summed E-state index contributed by atoms with van der Waals surface area (Å²) in [7, 11) is 2.99. The van der Waals surface area contributed by atoms with E-state index in [4.69, 9.17) is 16.3 Å². The van der Waals surface area contributed by atoms with Gasteiger partial charge in [-0.1, -0.05) is 22.9 Å². The zero-order valence-corrected chi connectivity index (χ0v) is 21.3. The molecular weight excluding hydrogens is 542 g/mol. The fourth-order valence-electron chi connectivity index (χ4n) is 4.22. The van der Waals surface area contributed by atoms with Crippen LogP contribution in [0, 0.1) is 5.82 Å². The van der Waals surface area contributed by atoms with Crippen LogP contribution in [0.5, 0.6) is 0 Å². The summed E-state index contributed by atoms with van der Waals surface area (Å²) in [5.41, 5.74) is 1.40. The molecule has 5 aromatic rings. The molecule has 4 heterocycles. The van der Waals surface area contributed by atoms with E-state index in [0.717, 1.165) is 10.7 Å². The van der Waals surface area contributed by atoms with Crippen molar-refractivity contribution in [2.24, 2.45) is 7.05 Å². The number of aromatic amines is 1. The van der Waals surface area contributed by atoms with E-state index >= 15 is 4.39 Å². The van der Waals surface area contributed by atoms with Crippen LogP contribution in [0.4, 0.5) is 17.6 Å². The summed E-state index contributed by atoms with van der Waals surface area (Å²) in [4.78, 5) is 4.57. The van der Waals surface area contributed by atoms with Gasteiger partial charge in [-0.2, -0.15) is 23.4 Å². The van der Waals surface area contributed by atoms with E-state index in [-0.39, 0.29) is 16.3 Å². The van der Waals surface area contributed by atoms with Gasteiger partial charge in [0.15, 0.2) is 16.7 Å². The number of alkyl halides is 3. The van der Waals surface area contributed by atoms with Gasteiger partial charge in [0.05, 0.1) is 34.2 Å². The van der Waals surface area contributed by atoms with E-state index in [0.29, 0.717) is 35.5 Å². The van der Waals surface area contributed by atoms with Crippen molar-refractivity contribution in [3.63, 3.8) is 0 Å². The molecule has 4 aromatic heterocycles. The quantitative estimate of drug-likeness (QED) is 0.225. The van der Waals surface area contributed by atoms with Crippen LogP contribution in [0.1, 0.15) is 23.9 Å². The zero-order valence-electron chi connectivity index (χ0n) is 20.6. The van der Waals surface area contributed by atoms with E-state index in [9.17, 15) is 13.2 Å². The van der Waals surface area contributed by atoms with Gasteiger partial charge in [0.2, 0.25) is 0 Å². The zero-order chi connectivity index (χ0) is 27.7. The number of pyridine rings is 1. The van der Waals surface area contributed by atoms with Gasteiger partial charge >= 0.3 is 6.18 Å². The van der Waals surface area contributed by atoms with Gasteiger partial charge in [0.25, 0.3) is 6.33 Å². The number of methoxy groups -OCH3 is 1. The highest BCUT2D eigenvalue weighted by molar-refractivity contribution is 6.31. The number of benzene rings is 1. The Hall–Kier alpha value is -4.17. The van der Waals surface area contributed by atoms with Crippen molar-refractivity contribution < 1.29 is 27.0 Å². The van der Waals surface area contributed by atoms with Crippen molar-refractivity contribution in [3.05, 3.63) is 77.5 Å². The number of H-pyrrole nitrogens is 1. The summed E-state index contributed by atoms with van der Waals surface area (Å²) in [6.07, 6.45) is 1.91. The standard InChI is InChI=1S/C24H20ClF4N9O/c1-36-20(9-21(33-36)24(27,28)29)15-11-32-37(12-15)18(7-8-39-2)17-5-3-14(10-30-17)22-19(38-13-31-34-35-38)6-4-16(25)23(22)26/h3-6,9-13,18H,7-8H2,1-2H3/p+1/t18-/m1/s1. The van der Waals surface area contributed by atoms with Crippen molar-refractivity contribution in [2.75, 3.05) is 13.7 Å². The number of tetrazole rings is 1. The van der Waals surface area contributed by atoms with E-state index in [2.05, 4.69) is 30.7 Å². The molecule has 0 unspecified atom stereocenters. The first kappa shape index (κ1) is 26.4. The Morgan fingerprint density at radius 1 is 1.15 bits per heavy atom. The van der Waals surface area contributed by atoms with Crippen LogP contribution >= 0.6 is 11.6 Å². The number of ether oxygens (including phenoxy) is 1. The lowest BCUT2D eigenvalue weighted by Crippen LogP contribution is -2.33. The first-order chi connectivity index (χ1) is 18.7. The Balaban J connectivity index is 1.50. The second kappa shape index (κ2) is 10.5.